The normalized spacial score (nSPS) is 14.7. The highest BCUT2D eigenvalue weighted by Gasteiger charge is 2.14. The van der Waals surface area contributed by atoms with Gasteiger partial charge in [-0.3, -0.25) is 4.79 Å². The van der Waals surface area contributed by atoms with Gasteiger partial charge in [0.1, 0.15) is 11.4 Å². The van der Waals surface area contributed by atoms with Crippen LogP contribution in [-0.2, 0) is 9.53 Å². The fraction of sp³-hybridized carbons (Fsp3) is 0.278. The molecule has 1 aliphatic heterocycles. The third-order valence-electron chi connectivity index (χ3n) is 4.14. The van der Waals surface area contributed by atoms with Crippen molar-refractivity contribution in [3.05, 3.63) is 36.7 Å². The summed E-state index contributed by atoms with van der Waals surface area (Å²) >= 11 is 2.83. The van der Waals surface area contributed by atoms with Crippen LogP contribution in [0.1, 0.15) is 0 Å². The monoisotopic (exact) mass is 387 g/mol. The molecular formula is C18H17N3O3S2. The Balaban J connectivity index is 1.60. The van der Waals surface area contributed by atoms with Gasteiger partial charge in [0.25, 0.3) is 0 Å². The summed E-state index contributed by atoms with van der Waals surface area (Å²) in [4.78, 5) is 22.8. The summed E-state index contributed by atoms with van der Waals surface area (Å²) in [7, 11) is 0. The summed E-state index contributed by atoms with van der Waals surface area (Å²) in [6, 6.07) is 10.5. The predicted molar refractivity (Wildman–Crippen MR) is 104 cm³/mol. The topological polar surface area (TPSA) is 75.5 Å². The quantitative estimate of drug-likeness (QED) is 0.531. The molecule has 1 fully saturated rings. The molecule has 4 rings (SSSR count). The lowest BCUT2D eigenvalue weighted by Crippen LogP contribution is -2.36. The summed E-state index contributed by atoms with van der Waals surface area (Å²) in [6.45, 7) is 3.38. The van der Waals surface area contributed by atoms with Gasteiger partial charge in [0.2, 0.25) is 0 Å². The molecule has 0 atom stereocenters. The Morgan fingerprint density at radius 2 is 2.00 bits per heavy atom. The SMILES string of the molecule is O=C(O)CSc1ncnc2cc(-c3ccc(N4CCOCC4)cc3)sc12. The van der Waals surface area contributed by atoms with E-state index in [2.05, 4.69) is 39.1 Å². The fourth-order valence-corrected chi connectivity index (χ4v) is 4.79. The number of nitrogens with zero attached hydrogens (tertiary/aromatic N) is 3. The molecule has 8 heteroatoms. The zero-order valence-corrected chi connectivity index (χ0v) is 15.6. The van der Waals surface area contributed by atoms with Crippen molar-refractivity contribution in [3.63, 3.8) is 0 Å². The van der Waals surface area contributed by atoms with Gasteiger partial charge in [-0.15, -0.1) is 11.3 Å². The number of benzene rings is 1. The van der Waals surface area contributed by atoms with E-state index in [1.165, 1.54) is 23.8 Å². The highest BCUT2D eigenvalue weighted by molar-refractivity contribution is 8.00. The molecule has 3 aromatic rings. The first kappa shape index (κ1) is 17.3. The Morgan fingerprint density at radius 3 is 2.73 bits per heavy atom. The molecule has 1 saturated heterocycles. The number of aromatic nitrogens is 2. The molecular weight excluding hydrogens is 370 g/mol. The van der Waals surface area contributed by atoms with Crippen molar-refractivity contribution in [2.45, 2.75) is 5.03 Å². The lowest BCUT2D eigenvalue weighted by atomic mass is 10.1. The van der Waals surface area contributed by atoms with Crippen molar-refractivity contribution in [3.8, 4) is 10.4 Å². The number of thiophene rings is 1. The standard InChI is InChI=1S/C18H17N3O3S2/c22-16(23)10-25-18-17-14(19-11-20-18)9-15(26-17)12-1-3-13(4-2-12)21-5-7-24-8-6-21/h1-4,9,11H,5-8,10H2,(H,22,23). The molecule has 0 bridgehead atoms. The first-order valence-electron chi connectivity index (χ1n) is 8.23. The zero-order valence-electron chi connectivity index (χ0n) is 13.9. The number of thioether (sulfide) groups is 1. The number of anilines is 1. The van der Waals surface area contributed by atoms with Crippen molar-refractivity contribution in [2.24, 2.45) is 0 Å². The Kier molecular flexibility index (Phi) is 5.05. The van der Waals surface area contributed by atoms with Gasteiger partial charge in [-0.1, -0.05) is 23.9 Å². The molecule has 0 aliphatic carbocycles. The Bertz CT molecular complexity index is 921. The third-order valence-corrected chi connectivity index (χ3v) is 6.42. The number of ether oxygens (including phenoxy) is 1. The average Bonchev–Trinajstić information content (AvgIpc) is 3.12. The van der Waals surface area contributed by atoms with Crippen LogP contribution in [0.5, 0.6) is 0 Å². The van der Waals surface area contributed by atoms with Crippen LogP contribution in [0.25, 0.3) is 20.7 Å². The number of carboxylic acids is 1. The second-order valence-corrected chi connectivity index (χ2v) is 7.85. The van der Waals surface area contributed by atoms with E-state index >= 15 is 0 Å². The number of rotatable bonds is 5. The number of carbonyl (C=O) groups is 1. The van der Waals surface area contributed by atoms with E-state index in [0.717, 1.165) is 52.0 Å². The van der Waals surface area contributed by atoms with Crippen molar-refractivity contribution in [1.29, 1.82) is 0 Å². The maximum Gasteiger partial charge on any atom is 0.313 e. The first-order valence-corrected chi connectivity index (χ1v) is 10.0. The van der Waals surface area contributed by atoms with E-state index in [0.29, 0.717) is 0 Å². The first-order chi connectivity index (χ1) is 12.7. The smallest absolute Gasteiger partial charge is 0.313 e. The lowest BCUT2D eigenvalue weighted by molar-refractivity contribution is -0.133. The van der Waals surface area contributed by atoms with E-state index in [-0.39, 0.29) is 5.75 Å². The minimum Gasteiger partial charge on any atom is -0.481 e. The predicted octanol–water partition coefficient (Wildman–Crippen LogP) is 3.37. The molecule has 134 valence electrons. The molecule has 1 aliphatic rings. The van der Waals surface area contributed by atoms with Crippen molar-refractivity contribution >= 4 is 45.0 Å². The van der Waals surface area contributed by atoms with Gasteiger partial charge >= 0.3 is 5.97 Å². The van der Waals surface area contributed by atoms with Crippen LogP contribution in [0.15, 0.2) is 41.7 Å². The maximum atomic E-state index is 10.8. The van der Waals surface area contributed by atoms with Crippen LogP contribution < -0.4 is 4.90 Å². The fourth-order valence-electron chi connectivity index (χ4n) is 2.87. The van der Waals surface area contributed by atoms with E-state index < -0.39 is 5.97 Å². The molecule has 6 nitrogen and oxygen atoms in total. The van der Waals surface area contributed by atoms with E-state index in [9.17, 15) is 4.79 Å². The molecule has 1 N–H and O–H groups in total. The molecule has 0 unspecified atom stereocenters. The van der Waals surface area contributed by atoms with Gasteiger partial charge in [-0.2, -0.15) is 0 Å². The summed E-state index contributed by atoms with van der Waals surface area (Å²) in [5.41, 5.74) is 3.18. The van der Waals surface area contributed by atoms with Crippen molar-refractivity contribution < 1.29 is 14.6 Å². The molecule has 0 radical (unpaired) electrons. The number of carboxylic acid groups (broad SMARTS) is 1. The number of fused-ring (bicyclic) bond motifs is 1. The summed E-state index contributed by atoms with van der Waals surface area (Å²) in [5.74, 6) is -0.856. The Labute approximate surface area is 158 Å². The molecule has 0 saturated carbocycles. The second-order valence-electron chi connectivity index (χ2n) is 5.83. The van der Waals surface area contributed by atoms with Gasteiger partial charge < -0.3 is 14.7 Å². The summed E-state index contributed by atoms with van der Waals surface area (Å²) in [5, 5.41) is 9.61. The molecule has 26 heavy (non-hydrogen) atoms. The highest BCUT2D eigenvalue weighted by Crippen LogP contribution is 2.37. The second kappa shape index (κ2) is 7.61. The molecule has 0 spiro atoms. The van der Waals surface area contributed by atoms with Crippen molar-refractivity contribution in [2.75, 3.05) is 37.0 Å². The Hall–Kier alpha value is -2.16. The van der Waals surface area contributed by atoms with Crippen LogP contribution in [0, 0.1) is 0 Å². The van der Waals surface area contributed by atoms with Gasteiger partial charge in [-0.25, -0.2) is 9.97 Å². The number of hydrogen-bond donors (Lipinski definition) is 1. The van der Waals surface area contributed by atoms with Gasteiger partial charge in [-0.05, 0) is 23.8 Å². The maximum absolute atomic E-state index is 10.8. The minimum absolute atomic E-state index is 0.00636. The van der Waals surface area contributed by atoms with Gasteiger partial charge in [0, 0.05) is 23.7 Å². The summed E-state index contributed by atoms with van der Waals surface area (Å²) in [6.07, 6.45) is 1.49. The lowest BCUT2D eigenvalue weighted by Gasteiger charge is -2.28. The van der Waals surface area contributed by atoms with E-state index in [4.69, 9.17) is 9.84 Å². The van der Waals surface area contributed by atoms with Gasteiger partial charge in [0.05, 0.1) is 29.2 Å². The number of aliphatic carboxylic acids is 1. The van der Waals surface area contributed by atoms with Crippen molar-refractivity contribution in [1.82, 2.24) is 9.97 Å². The Morgan fingerprint density at radius 1 is 1.23 bits per heavy atom. The van der Waals surface area contributed by atoms with Crippen LogP contribution in [0.3, 0.4) is 0 Å². The number of morpholine rings is 1. The van der Waals surface area contributed by atoms with Crippen LogP contribution in [0.4, 0.5) is 5.69 Å². The van der Waals surface area contributed by atoms with Crippen LogP contribution in [0.2, 0.25) is 0 Å². The zero-order chi connectivity index (χ0) is 17.9. The summed E-state index contributed by atoms with van der Waals surface area (Å²) < 4.78 is 6.34. The molecule has 3 heterocycles. The van der Waals surface area contributed by atoms with E-state index in [1.807, 2.05) is 6.07 Å². The van der Waals surface area contributed by atoms with Gasteiger partial charge in [0.15, 0.2) is 0 Å². The largest absolute Gasteiger partial charge is 0.481 e. The third kappa shape index (κ3) is 3.67. The molecule has 0 amide bonds. The minimum atomic E-state index is -0.850. The molecule has 1 aromatic carbocycles. The van der Waals surface area contributed by atoms with Crippen LogP contribution in [-0.4, -0.2) is 53.1 Å². The van der Waals surface area contributed by atoms with Crippen LogP contribution >= 0.6 is 23.1 Å². The highest BCUT2D eigenvalue weighted by atomic mass is 32.2. The molecule has 2 aromatic heterocycles. The number of hydrogen-bond acceptors (Lipinski definition) is 7. The average molecular weight is 387 g/mol. The van der Waals surface area contributed by atoms with E-state index in [1.54, 1.807) is 11.3 Å².